The van der Waals surface area contributed by atoms with E-state index in [-0.39, 0.29) is 5.69 Å². The molecule has 0 aliphatic carbocycles. The Hall–Kier alpha value is -1.93. The minimum atomic E-state index is -1.05. The number of aromatic nitrogens is 2. The molecule has 4 nitrogen and oxygen atoms in total. The molecule has 0 amide bonds. The highest BCUT2D eigenvalue weighted by Gasteiger charge is 2.12. The van der Waals surface area contributed by atoms with E-state index in [0.717, 1.165) is 5.56 Å². The highest BCUT2D eigenvalue weighted by molar-refractivity contribution is 7.80. The third-order valence-electron chi connectivity index (χ3n) is 2.08. The molecule has 0 aliphatic heterocycles. The molecule has 0 radical (unpaired) electrons. The fourth-order valence-corrected chi connectivity index (χ4v) is 1.48. The van der Waals surface area contributed by atoms with Gasteiger partial charge in [0.25, 0.3) is 0 Å². The molecule has 0 aliphatic rings. The molecular formula is C11H8N2O2S. The Balaban J connectivity index is 2.58. The molecule has 0 spiro atoms. The molecule has 0 saturated carbocycles. The molecule has 0 fully saturated rings. The minimum Gasteiger partial charge on any atom is -0.476 e. The number of thiol groups is 1. The van der Waals surface area contributed by atoms with E-state index < -0.39 is 5.97 Å². The van der Waals surface area contributed by atoms with Crippen molar-refractivity contribution in [2.75, 3.05) is 5.75 Å². The second-order valence-electron chi connectivity index (χ2n) is 3.10. The van der Waals surface area contributed by atoms with Gasteiger partial charge in [-0.1, -0.05) is 11.8 Å². The van der Waals surface area contributed by atoms with E-state index in [2.05, 4.69) is 34.7 Å². The van der Waals surface area contributed by atoms with Crippen LogP contribution in [0.4, 0.5) is 0 Å². The number of rotatable bonds is 1. The number of carboxylic acids is 1. The van der Waals surface area contributed by atoms with E-state index in [1.54, 1.807) is 12.1 Å². The fraction of sp³-hybridized carbons (Fsp3) is 0.0909. The number of fused-ring (bicyclic) bond motifs is 1. The fourth-order valence-electron chi connectivity index (χ4n) is 1.40. The number of nitrogens with zero attached hydrogens (tertiary/aromatic N) is 1. The number of carbonyl (C=O) groups is 1. The lowest BCUT2D eigenvalue weighted by Crippen LogP contribution is -1.96. The summed E-state index contributed by atoms with van der Waals surface area (Å²) in [5.74, 6) is 5.10. The van der Waals surface area contributed by atoms with Crippen molar-refractivity contribution in [2.45, 2.75) is 0 Å². The average Bonchev–Trinajstić information content (AvgIpc) is 2.69. The Labute approximate surface area is 97.1 Å². The van der Waals surface area contributed by atoms with Gasteiger partial charge in [-0.3, -0.25) is 5.10 Å². The molecule has 2 aromatic rings. The van der Waals surface area contributed by atoms with Gasteiger partial charge in [-0.05, 0) is 18.2 Å². The van der Waals surface area contributed by atoms with Crippen LogP contribution in [0.1, 0.15) is 16.1 Å². The van der Waals surface area contributed by atoms with Crippen LogP contribution in [0, 0.1) is 11.8 Å². The largest absolute Gasteiger partial charge is 0.476 e. The number of aromatic carboxylic acids is 1. The van der Waals surface area contributed by atoms with Gasteiger partial charge in [-0.25, -0.2) is 4.79 Å². The summed E-state index contributed by atoms with van der Waals surface area (Å²) in [6, 6.07) is 5.28. The molecular weight excluding hydrogens is 224 g/mol. The van der Waals surface area contributed by atoms with Crippen LogP contribution in [-0.4, -0.2) is 27.0 Å². The Bertz CT molecular complexity index is 607. The molecule has 1 aromatic heterocycles. The summed E-state index contributed by atoms with van der Waals surface area (Å²) in [6.45, 7) is 0. The zero-order valence-corrected chi connectivity index (χ0v) is 9.08. The van der Waals surface area contributed by atoms with Crippen LogP contribution in [0.3, 0.4) is 0 Å². The van der Waals surface area contributed by atoms with Crippen LogP contribution in [0.5, 0.6) is 0 Å². The molecule has 16 heavy (non-hydrogen) atoms. The topological polar surface area (TPSA) is 66.0 Å². The SMILES string of the molecule is O=C(O)c1n[nH]c2ccc(C#CCS)cc12. The Morgan fingerprint density at radius 3 is 3.06 bits per heavy atom. The molecule has 0 atom stereocenters. The molecule has 2 N–H and O–H groups in total. The second-order valence-corrected chi connectivity index (χ2v) is 3.41. The van der Waals surface area contributed by atoms with Crippen LogP contribution in [0.15, 0.2) is 18.2 Å². The zero-order chi connectivity index (χ0) is 11.5. The van der Waals surface area contributed by atoms with Gasteiger partial charge < -0.3 is 5.11 Å². The first-order valence-electron chi connectivity index (χ1n) is 4.53. The van der Waals surface area contributed by atoms with Crippen molar-refractivity contribution >= 4 is 29.5 Å². The van der Waals surface area contributed by atoms with Crippen molar-refractivity contribution in [3.63, 3.8) is 0 Å². The van der Waals surface area contributed by atoms with Gasteiger partial charge in [0.15, 0.2) is 5.69 Å². The van der Waals surface area contributed by atoms with Crippen molar-refractivity contribution in [1.82, 2.24) is 10.2 Å². The quantitative estimate of drug-likeness (QED) is 0.516. The first-order chi connectivity index (χ1) is 7.72. The summed E-state index contributed by atoms with van der Waals surface area (Å²) in [6.07, 6.45) is 0. The second kappa shape index (κ2) is 4.29. The standard InChI is InChI=1S/C11H8N2O2S/c14-11(15)10-8-6-7(2-1-5-16)3-4-9(8)12-13-10/h3-4,6,16H,5H2,(H,12,13)(H,14,15). The number of aromatic amines is 1. The zero-order valence-electron chi connectivity index (χ0n) is 8.19. The Morgan fingerprint density at radius 2 is 2.38 bits per heavy atom. The van der Waals surface area contributed by atoms with Crippen LogP contribution >= 0.6 is 12.6 Å². The molecule has 5 heteroatoms. The van der Waals surface area contributed by atoms with Gasteiger partial charge in [-0.2, -0.15) is 17.7 Å². The predicted octanol–water partition coefficient (Wildman–Crippen LogP) is 1.54. The maximum absolute atomic E-state index is 10.9. The molecule has 1 heterocycles. The van der Waals surface area contributed by atoms with E-state index in [1.165, 1.54) is 0 Å². The average molecular weight is 232 g/mol. The van der Waals surface area contributed by atoms with Gasteiger partial charge in [-0.15, -0.1) is 0 Å². The van der Waals surface area contributed by atoms with Crippen LogP contribution < -0.4 is 0 Å². The van der Waals surface area contributed by atoms with Crippen molar-refractivity contribution in [3.05, 3.63) is 29.5 Å². The maximum atomic E-state index is 10.9. The van der Waals surface area contributed by atoms with E-state index in [0.29, 0.717) is 16.7 Å². The highest BCUT2D eigenvalue weighted by atomic mass is 32.1. The number of H-pyrrole nitrogens is 1. The lowest BCUT2D eigenvalue weighted by Gasteiger charge is -1.92. The summed E-state index contributed by atoms with van der Waals surface area (Å²) < 4.78 is 0. The number of benzene rings is 1. The monoisotopic (exact) mass is 232 g/mol. The molecule has 0 unspecified atom stereocenters. The van der Waals surface area contributed by atoms with Crippen LogP contribution in [0.2, 0.25) is 0 Å². The van der Waals surface area contributed by atoms with Crippen LogP contribution in [-0.2, 0) is 0 Å². The van der Waals surface area contributed by atoms with E-state index in [1.807, 2.05) is 6.07 Å². The van der Waals surface area contributed by atoms with Gasteiger partial charge in [0, 0.05) is 10.9 Å². The summed E-state index contributed by atoms with van der Waals surface area (Å²) in [5.41, 5.74) is 1.46. The van der Waals surface area contributed by atoms with Crippen molar-refractivity contribution < 1.29 is 9.90 Å². The summed E-state index contributed by atoms with van der Waals surface area (Å²) in [4.78, 5) is 10.9. The third-order valence-corrected chi connectivity index (χ3v) is 2.24. The minimum absolute atomic E-state index is 0.0181. The van der Waals surface area contributed by atoms with Crippen LogP contribution in [0.25, 0.3) is 10.9 Å². The molecule has 0 bridgehead atoms. The van der Waals surface area contributed by atoms with Gasteiger partial charge in [0.05, 0.1) is 11.3 Å². The first kappa shape index (κ1) is 10.6. The smallest absolute Gasteiger partial charge is 0.357 e. The third kappa shape index (κ3) is 1.88. The van der Waals surface area contributed by atoms with E-state index >= 15 is 0 Å². The molecule has 1 aromatic carbocycles. The van der Waals surface area contributed by atoms with Crippen molar-refractivity contribution in [2.24, 2.45) is 0 Å². The lowest BCUT2D eigenvalue weighted by atomic mass is 10.1. The predicted molar refractivity (Wildman–Crippen MR) is 63.8 cm³/mol. The number of carboxylic acid groups (broad SMARTS) is 1. The van der Waals surface area contributed by atoms with Gasteiger partial charge in [0.2, 0.25) is 0 Å². The van der Waals surface area contributed by atoms with Crippen molar-refractivity contribution in [1.29, 1.82) is 0 Å². The maximum Gasteiger partial charge on any atom is 0.357 e. The summed E-state index contributed by atoms with van der Waals surface area (Å²) in [5, 5.41) is 15.9. The number of hydrogen-bond donors (Lipinski definition) is 3. The van der Waals surface area contributed by atoms with E-state index in [9.17, 15) is 4.79 Å². The Morgan fingerprint density at radius 1 is 1.56 bits per heavy atom. The number of nitrogens with one attached hydrogen (secondary N) is 1. The Kier molecular flexibility index (Phi) is 2.84. The summed E-state index contributed by atoms with van der Waals surface area (Å²) in [7, 11) is 0. The number of hydrogen-bond acceptors (Lipinski definition) is 3. The molecule has 0 saturated heterocycles. The van der Waals surface area contributed by atoms with Crippen molar-refractivity contribution in [3.8, 4) is 11.8 Å². The molecule has 80 valence electrons. The van der Waals surface area contributed by atoms with Gasteiger partial charge in [0.1, 0.15) is 0 Å². The lowest BCUT2D eigenvalue weighted by molar-refractivity contribution is 0.0692. The summed E-state index contributed by atoms with van der Waals surface area (Å²) >= 11 is 3.98. The first-order valence-corrected chi connectivity index (χ1v) is 5.17. The highest BCUT2D eigenvalue weighted by Crippen LogP contribution is 2.17. The molecule has 2 rings (SSSR count). The van der Waals surface area contributed by atoms with E-state index in [4.69, 9.17) is 5.11 Å². The normalized spacial score (nSPS) is 9.81. The van der Waals surface area contributed by atoms with Gasteiger partial charge >= 0.3 is 5.97 Å².